The van der Waals surface area contributed by atoms with Crippen molar-refractivity contribution in [1.82, 2.24) is 0 Å². The molecule has 0 amide bonds. The molecule has 3 aromatic carbocycles. The van der Waals surface area contributed by atoms with Gasteiger partial charge in [-0.15, -0.1) is 0 Å². The molecular weight excluding hydrogens is 486 g/mol. The van der Waals surface area contributed by atoms with Gasteiger partial charge in [-0.3, -0.25) is 4.79 Å². The van der Waals surface area contributed by atoms with Crippen LogP contribution in [0.2, 0.25) is 0 Å². The summed E-state index contributed by atoms with van der Waals surface area (Å²) in [7, 11) is 4.42. The van der Waals surface area contributed by atoms with Crippen LogP contribution in [-0.4, -0.2) is 46.2 Å². The summed E-state index contributed by atoms with van der Waals surface area (Å²) in [4.78, 5) is 28.3. The van der Waals surface area contributed by atoms with E-state index in [4.69, 9.17) is 23.7 Å². The van der Waals surface area contributed by atoms with Crippen LogP contribution in [0.3, 0.4) is 0 Å². The van der Waals surface area contributed by atoms with E-state index in [1.54, 1.807) is 25.1 Å². The van der Waals surface area contributed by atoms with Gasteiger partial charge in [0, 0.05) is 24.3 Å². The van der Waals surface area contributed by atoms with Gasteiger partial charge >= 0.3 is 5.97 Å². The molecule has 0 fully saturated rings. The molecule has 3 aromatic rings. The normalized spacial score (nSPS) is 13.1. The predicted octanol–water partition coefficient (Wildman–Crippen LogP) is 5.70. The molecule has 0 N–H and O–H groups in total. The molecule has 0 saturated carbocycles. The molecule has 0 saturated heterocycles. The summed E-state index contributed by atoms with van der Waals surface area (Å²) < 4.78 is 27.6. The second-order valence-corrected chi connectivity index (χ2v) is 8.57. The number of rotatable bonds is 9. The number of esters is 1. The Balaban J connectivity index is 1.57. The van der Waals surface area contributed by atoms with Crippen LogP contribution >= 0.6 is 0 Å². The third-order valence-electron chi connectivity index (χ3n) is 6.46. The van der Waals surface area contributed by atoms with Gasteiger partial charge in [0.25, 0.3) is 0 Å². The Labute approximate surface area is 222 Å². The minimum absolute atomic E-state index is 0.213. The number of carbonyl (C=O) groups is 2. The van der Waals surface area contributed by atoms with Gasteiger partial charge in [0.05, 0.1) is 32.5 Å². The fourth-order valence-electron chi connectivity index (χ4n) is 4.36. The van der Waals surface area contributed by atoms with Gasteiger partial charge in [0.1, 0.15) is 11.5 Å². The highest BCUT2D eigenvalue weighted by Crippen LogP contribution is 2.41. The Bertz CT molecular complexity index is 1360. The number of anilines is 1. The number of fused-ring (bicyclic) bond motifs is 1. The Morgan fingerprint density at radius 3 is 2.08 bits per heavy atom. The first-order chi connectivity index (χ1) is 18.3. The van der Waals surface area contributed by atoms with Gasteiger partial charge in [-0.05, 0) is 68.8 Å². The molecule has 1 aliphatic heterocycles. The standard InChI is InChI=1S/C30H31NO7/c1-7-31(8-2)21-11-9-19(10-12-21)15-24-27(32)22-13-14-23(18(3)28(22)37-24)38-30(33)20-16-25(34-4)29(36-6)26(17-20)35-5/h9-17H,7-8H2,1-6H3/b24-15-. The number of allylic oxidation sites excluding steroid dienone is 1. The summed E-state index contributed by atoms with van der Waals surface area (Å²) in [6, 6.07) is 14.2. The third-order valence-corrected chi connectivity index (χ3v) is 6.46. The van der Waals surface area contributed by atoms with Gasteiger partial charge in [-0.25, -0.2) is 4.79 Å². The van der Waals surface area contributed by atoms with Crippen LogP contribution in [0, 0.1) is 6.92 Å². The molecule has 8 heteroatoms. The van der Waals surface area contributed by atoms with E-state index in [0.29, 0.717) is 34.1 Å². The van der Waals surface area contributed by atoms with E-state index in [0.717, 1.165) is 24.3 Å². The molecule has 8 nitrogen and oxygen atoms in total. The molecule has 0 aliphatic carbocycles. The SMILES string of the molecule is CCN(CC)c1ccc(/C=C2\Oc3c(ccc(OC(=O)c4cc(OC)c(OC)c(OC)c4)c3C)C2=O)cc1. The van der Waals surface area contributed by atoms with Crippen LogP contribution in [-0.2, 0) is 0 Å². The predicted molar refractivity (Wildman–Crippen MR) is 145 cm³/mol. The minimum Gasteiger partial charge on any atom is -0.493 e. The van der Waals surface area contributed by atoms with Crippen molar-refractivity contribution in [2.75, 3.05) is 39.3 Å². The van der Waals surface area contributed by atoms with Crippen molar-refractivity contribution in [2.45, 2.75) is 20.8 Å². The summed E-state index contributed by atoms with van der Waals surface area (Å²) in [6.07, 6.45) is 1.72. The van der Waals surface area contributed by atoms with Crippen molar-refractivity contribution < 1.29 is 33.3 Å². The molecule has 0 atom stereocenters. The van der Waals surface area contributed by atoms with E-state index < -0.39 is 5.97 Å². The van der Waals surface area contributed by atoms with Crippen LogP contribution in [0.25, 0.3) is 6.08 Å². The Morgan fingerprint density at radius 2 is 1.53 bits per heavy atom. The average molecular weight is 518 g/mol. The largest absolute Gasteiger partial charge is 0.493 e. The van der Waals surface area contributed by atoms with E-state index in [2.05, 4.69) is 18.7 Å². The molecular formula is C30H31NO7. The van der Waals surface area contributed by atoms with Crippen molar-refractivity contribution >= 4 is 23.5 Å². The first-order valence-electron chi connectivity index (χ1n) is 12.3. The highest BCUT2D eigenvalue weighted by atomic mass is 16.5. The second-order valence-electron chi connectivity index (χ2n) is 8.57. The molecule has 1 aliphatic rings. The molecule has 0 aromatic heterocycles. The lowest BCUT2D eigenvalue weighted by atomic mass is 10.1. The Kier molecular flexibility index (Phi) is 7.90. The molecule has 0 radical (unpaired) electrons. The molecule has 38 heavy (non-hydrogen) atoms. The van der Waals surface area contributed by atoms with Crippen LogP contribution in [0.1, 0.15) is 45.7 Å². The van der Waals surface area contributed by atoms with E-state index >= 15 is 0 Å². The van der Waals surface area contributed by atoms with Crippen molar-refractivity contribution in [1.29, 1.82) is 0 Å². The maximum absolute atomic E-state index is 13.0. The highest BCUT2D eigenvalue weighted by molar-refractivity contribution is 6.15. The van der Waals surface area contributed by atoms with Gasteiger partial charge < -0.3 is 28.6 Å². The van der Waals surface area contributed by atoms with E-state index in [1.165, 1.54) is 33.5 Å². The summed E-state index contributed by atoms with van der Waals surface area (Å²) in [5, 5.41) is 0. The maximum Gasteiger partial charge on any atom is 0.343 e. The van der Waals surface area contributed by atoms with E-state index in [-0.39, 0.29) is 22.9 Å². The lowest BCUT2D eigenvalue weighted by Gasteiger charge is -2.20. The molecule has 4 rings (SSSR count). The molecule has 198 valence electrons. The van der Waals surface area contributed by atoms with E-state index in [1.807, 2.05) is 24.3 Å². The van der Waals surface area contributed by atoms with Crippen molar-refractivity contribution in [2.24, 2.45) is 0 Å². The van der Waals surface area contributed by atoms with E-state index in [9.17, 15) is 9.59 Å². The minimum atomic E-state index is -0.624. The zero-order chi connectivity index (χ0) is 27.4. The lowest BCUT2D eigenvalue weighted by Crippen LogP contribution is -2.21. The van der Waals surface area contributed by atoms with Crippen molar-refractivity contribution in [3.8, 4) is 28.7 Å². The Hall–Kier alpha value is -4.46. The molecule has 0 spiro atoms. The smallest absolute Gasteiger partial charge is 0.343 e. The zero-order valence-electron chi connectivity index (χ0n) is 22.4. The molecule has 1 heterocycles. The number of hydrogen-bond donors (Lipinski definition) is 0. The van der Waals surface area contributed by atoms with Gasteiger partial charge in [0.2, 0.25) is 11.5 Å². The first-order valence-corrected chi connectivity index (χ1v) is 12.3. The van der Waals surface area contributed by atoms with Crippen LogP contribution < -0.4 is 28.6 Å². The number of ketones is 1. The fraction of sp³-hybridized carbons (Fsp3) is 0.267. The van der Waals surface area contributed by atoms with Gasteiger partial charge in [0.15, 0.2) is 17.3 Å². The average Bonchev–Trinajstić information content (AvgIpc) is 3.26. The number of benzene rings is 3. The van der Waals surface area contributed by atoms with Crippen molar-refractivity contribution in [3.05, 3.63) is 76.5 Å². The number of ether oxygens (including phenoxy) is 5. The fourth-order valence-corrected chi connectivity index (χ4v) is 4.36. The Morgan fingerprint density at radius 1 is 0.895 bits per heavy atom. The van der Waals surface area contributed by atoms with Crippen LogP contribution in [0.15, 0.2) is 54.3 Å². The molecule has 0 bridgehead atoms. The number of nitrogens with zero attached hydrogens (tertiary/aromatic N) is 1. The first kappa shape index (κ1) is 26.6. The van der Waals surface area contributed by atoms with Crippen LogP contribution in [0.5, 0.6) is 28.7 Å². The monoisotopic (exact) mass is 517 g/mol. The maximum atomic E-state index is 13.0. The quantitative estimate of drug-likeness (QED) is 0.203. The number of methoxy groups -OCH3 is 3. The van der Waals surface area contributed by atoms with Gasteiger partial charge in [-0.2, -0.15) is 0 Å². The summed E-state index contributed by atoms with van der Waals surface area (Å²) in [5.74, 6) is 1.05. The highest BCUT2D eigenvalue weighted by Gasteiger charge is 2.31. The number of carbonyl (C=O) groups excluding carboxylic acids is 2. The number of hydrogen-bond acceptors (Lipinski definition) is 8. The summed E-state index contributed by atoms with van der Waals surface area (Å²) in [6.45, 7) is 7.80. The van der Waals surface area contributed by atoms with Crippen LogP contribution in [0.4, 0.5) is 5.69 Å². The topological polar surface area (TPSA) is 83.5 Å². The second kappa shape index (κ2) is 11.3. The summed E-state index contributed by atoms with van der Waals surface area (Å²) >= 11 is 0. The third kappa shape index (κ3) is 5.02. The zero-order valence-corrected chi connectivity index (χ0v) is 22.4. The lowest BCUT2D eigenvalue weighted by molar-refractivity contribution is 0.0732. The summed E-state index contributed by atoms with van der Waals surface area (Å²) in [5.41, 5.74) is 3.14. The van der Waals surface area contributed by atoms with Crippen molar-refractivity contribution in [3.63, 3.8) is 0 Å². The number of Topliss-reactive ketones (excluding diaryl/α,β-unsaturated/α-hetero) is 1. The van der Waals surface area contributed by atoms with Gasteiger partial charge in [-0.1, -0.05) is 12.1 Å². The molecule has 0 unspecified atom stereocenters.